The van der Waals surface area contributed by atoms with Crippen molar-refractivity contribution in [3.05, 3.63) is 93.5 Å². The summed E-state index contributed by atoms with van der Waals surface area (Å²) in [5, 5.41) is 2.18. The van der Waals surface area contributed by atoms with E-state index < -0.39 is 23.8 Å². The summed E-state index contributed by atoms with van der Waals surface area (Å²) in [6.45, 7) is 2.50. The highest BCUT2D eigenvalue weighted by Crippen LogP contribution is 2.38. The lowest BCUT2D eigenvalue weighted by Gasteiger charge is -2.26. The van der Waals surface area contributed by atoms with E-state index in [1.54, 1.807) is 12.1 Å². The molecular weight excluding hydrogens is 556 g/mol. The third-order valence-corrected chi connectivity index (χ3v) is 6.11. The Morgan fingerprint density at radius 2 is 1.71 bits per heavy atom. The van der Waals surface area contributed by atoms with Gasteiger partial charge in [-0.2, -0.15) is 0 Å². The van der Waals surface area contributed by atoms with E-state index in [0.717, 1.165) is 10.5 Å². The first kappa shape index (κ1) is 26.6. The second-order valence-corrected chi connectivity index (χ2v) is 8.89. The van der Waals surface area contributed by atoms with Crippen LogP contribution in [-0.4, -0.2) is 37.5 Å². The Bertz CT molecular complexity index is 1420. The van der Waals surface area contributed by atoms with Crippen LogP contribution in [0.15, 0.2) is 76.8 Å². The van der Waals surface area contributed by atoms with Gasteiger partial charge in [-0.25, -0.2) is 14.5 Å². The average molecular weight is 579 g/mol. The minimum absolute atomic E-state index is 0.180. The molecule has 0 radical (unpaired) electrons. The molecular formula is C28H23BrN2O7. The van der Waals surface area contributed by atoms with Gasteiger partial charge in [0.2, 0.25) is 0 Å². The zero-order valence-corrected chi connectivity index (χ0v) is 22.1. The fraction of sp³-hybridized carbons (Fsp3) is 0.143. The van der Waals surface area contributed by atoms with Crippen LogP contribution in [0.3, 0.4) is 0 Å². The molecule has 1 N–H and O–H groups in total. The number of amides is 4. The van der Waals surface area contributed by atoms with Gasteiger partial charge in [-0.05, 0) is 76.5 Å². The van der Waals surface area contributed by atoms with Gasteiger partial charge in [0.15, 0.2) is 11.5 Å². The highest BCUT2D eigenvalue weighted by Gasteiger charge is 2.37. The third-order valence-electron chi connectivity index (χ3n) is 5.52. The van der Waals surface area contributed by atoms with Gasteiger partial charge in [-0.1, -0.05) is 30.3 Å². The summed E-state index contributed by atoms with van der Waals surface area (Å²) in [6, 6.07) is 17.7. The van der Waals surface area contributed by atoms with Crippen LogP contribution in [0.25, 0.3) is 6.08 Å². The Kier molecular flexibility index (Phi) is 8.22. The molecule has 0 aliphatic carbocycles. The standard InChI is InChI=1S/C28H23BrN2O7/c1-3-37-23-15-18(14-22(29)24(23)38-16-17-7-5-4-6-8-17)13-21-25(32)30-28(35)31(26(21)33)20-11-9-19(10-12-20)27(34)36-2/h4-15H,3,16H2,1-2H3,(H,30,32,35)/b21-13+. The summed E-state index contributed by atoms with van der Waals surface area (Å²) in [5.41, 5.74) is 1.62. The average Bonchev–Trinajstić information content (AvgIpc) is 2.91. The number of rotatable bonds is 8. The summed E-state index contributed by atoms with van der Waals surface area (Å²) in [4.78, 5) is 50.9. The topological polar surface area (TPSA) is 111 Å². The molecule has 1 aliphatic heterocycles. The van der Waals surface area contributed by atoms with Gasteiger partial charge in [0.1, 0.15) is 12.2 Å². The number of methoxy groups -OCH3 is 1. The van der Waals surface area contributed by atoms with E-state index in [9.17, 15) is 19.2 Å². The van der Waals surface area contributed by atoms with E-state index in [-0.39, 0.29) is 16.8 Å². The van der Waals surface area contributed by atoms with Crippen molar-refractivity contribution >= 4 is 51.5 Å². The molecule has 0 unspecified atom stereocenters. The largest absolute Gasteiger partial charge is 0.490 e. The number of halogens is 1. The first-order chi connectivity index (χ1) is 18.3. The van der Waals surface area contributed by atoms with Crippen molar-refractivity contribution in [2.24, 2.45) is 0 Å². The molecule has 194 valence electrons. The summed E-state index contributed by atoms with van der Waals surface area (Å²) in [7, 11) is 1.25. The second kappa shape index (κ2) is 11.7. The molecule has 1 heterocycles. The van der Waals surface area contributed by atoms with Gasteiger partial charge in [0.05, 0.1) is 29.4 Å². The van der Waals surface area contributed by atoms with Crippen LogP contribution in [0.2, 0.25) is 0 Å². The van der Waals surface area contributed by atoms with E-state index in [4.69, 9.17) is 9.47 Å². The second-order valence-electron chi connectivity index (χ2n) is 8.03. The van der Waals surface area contributed by atoms with Gasteiger partial charge < -0.3 is 14.2 Å². The lowest BCUT2D eigenvalue weighted by Crippen LogP contribution is -2.54. The molecule has 1 saturated heterocycles. The molecule has 0 atom stereocenters. The van der Waals surface area contributed by atoms with Crippen LogP contribution >= 0.6 is 15.9 Å². The van der Waals surface area contributed by atoms with E-state index >= 15 is 0 Å². The highest BCUT2D eigenvalue weighted by molar-refractivity contribution is 9.10. The van der Waals surface area contributed by atoms with Gasteiger partial charge in [-0.15, -0.1) is 0 Å². The van der Waals surface area contributed by atoms with E-state index in [0.29, 0.717) is 34.7 Å². The minimum atomic E-state index is -0.899. The number of benzene rings is 3. The maximum Gasteiger partial charge on any atom is 0.337 e. The quantitative estimate of drug-likeness (QED) is 0.230. The molecule has 9 nitrogen and oxygen atoms in total. The Labute approximate surface area is 227 Å². The normalized spacial score (nSPS) is 14.3. The first-order valence-electron chi connectivity index (χ1n) is 11.5. The molecule has 1 fully saturated rings. The molecule has 1 aliphatic rings. The Morgan fingerprint density at radius 3 is 2.37 bits per heavy atom. The number of nitrogens with one attached hydrogen (secondary N) is 1. The lowest BCUT2D eigenvalue weighted by atomic mass is 10.1. The van der Waals surface area contributed by atoms with Crippen molar-refractivity contribution in [2.75, 3.05) is 18.6 Å². The molecule has 38 heavy (non-hydrogen) atoms. The maximum absolute atomic E-state index is 13.3. The van der Waals surface area contributed by atoms with Crippen LogP contribution in [0.5, 0.6) is 11.5 Å². The predicted octanol–water partition coefficient (Wildman–Crippen LogP) is 4.88. The summed E-state index contributed by atoms with van der Waals surface area (Å²) in [6.07, 6.45) is 1.37. The van der Waals surface area contributed by atoms with Crippen molar-refractivity contribution in [1.82, 2.24) is 5.32 Å². The number of hydrogen-bond donors (Lipinski definition) is 1. The van der Waals surface area contributed by atoms with Gasteiger partial charge in [-0.3, -0.25) is 14.9 Å². The number of anilines is 1. The summed E-state index contributed by atoms with van der Waals surface area (Å²) in [5.74, 6) is -1.32. The highest BCUT2D eigenvalue weighted by atomic mass is 79.9. The van der Waals surface area contributed by atoms with Crippen LogP contribution in [-0.2, 0) is 20.9 Å². The van der Waals surface area contributed by atoms with Crippen molar-refractivity contribution in [1.29, 1.82) is 0 Å². The molecule has 4 rings (SSSR count). The van der Waals surface area contributed by atoms with E-state index in [1.807, 2.05) is 37.3 Å². The molecule has 10 heteroatoms. The number of esters is 1. The van der Waals surface area contributed by atoms with Crippen LogP contribution in [0.1, 0.15) is 28.4 Å². The number of barbiturate groups is 1. The molecule has 0 aromatic heterocycles. The zero-order chi connectivity index (χ0) is 27.2. The minimum Gasteiger partial charge on any atom is -0.490 e. The van der Waals surface area contributed by atoms with Crippen LogP contribution < -0.4 is 19.7 Å². The van der Waals surface area contributed by atoms with Gasteiger partial charge in [0, 0.05) is 0 Å². The number of carbonyl (C=O) groups excluding carboxylic acids is 4. The van der Waals surface area contributed by atoms with Crippen molar-refractivity contribution < 1.29 is 33.4 Å². The SMILES string of the molecule is CCOc1cc(/C=C2\C(=O)NC(=O)N(c3ccc(C(=O)OC)cc3)C2=O)cc(Br)c1OCc1ccccc1. The van der Waals surface area contributed by atoms with Gasteiger partial charge >= 0.3 is 12.0 Å². The smallest absolute Gasteiger partial charge is 0.337 e. The van der Waals surface area contributed by atoms with Crippen LogP contribution in [0, 0.1) is 0 Å². The number of ether oxygens (including phenoxy) is 3. The molecule has 0 bridgehead atoms. The van der Waals surface area contributed by atoms with Crippen molar-refractivity contribution in [3.63, 3.8) is 0 Å². The van der Waals surface area contributed by atoms with E-state index in [2.05, 4.69) is 26.0 Å². The Morgan fingerprint density at radius 1 is 1.00 bits per heavy atom. The molecule has 3 aromatic carbocycles. The molecule has 3 aromatic rings. The maximum atomic E-state index is 13.3. The fourth-order valence-electron chi connectivity index (χ4n) is 3.73. The fourth-order valence-corrected chi connectivity index (χ4v) is 4.30. The number of imide groups is 2. The molecule has 0 saturated carbocycles. The van der Waals surface area contributed by atoms with Gasteiger partial charge in [0.25, 0.3) is 11.8 Å². The van der Waals surface area contributed by atoms with E-state index in [1.165, 1.54) is 37.5 Å². The Hall–Kier alpha value is -4.44. The third kappa shape index (κ3) is 5.76. The number of carbonyl (C=O) groups is 4. The predicted molar refractivity (Wildman–Crippen MR) is 143 cm³/mol. The number of urea groups is 1. The molecule has 4 amide bonds. The summed E-state index contributed by atoms with van der Waals surface area (Å²) >= 11 is 3.50. The van der Waals surface area contributed by atoms with Crippen molar-refractivity contribution in [2.45, 2.75) is 13.5 Å². The van der Waals surface area contributed by atoms with Crippen LogP contribution in [0.4, 0.5) is 10.5 Å². The monoisotopic (exact) mass is 578 g/mol. The van der Waals surface area contributed by atoms with Crippen molar-refractivity contribution in [3.8, 4) is 11.5 Å². The first-order valence-corrected chi connectivity index (χ1v) is 12.3. The number of hydrogen-bond acceptors (Lipinski definition) is 7. The Balaban J connectivity index is 1.64. The number of nitrogens with zero attached hydrogens (tertiary/aromatic N) is 1. The lowest BCUT2D eigenvalue weighted by molar-refractivity contribution is -0.122. The zero-order valence-electron chi connectivity index (χ0n) is 20.5. The molecule has 0 spiro atoms. The summed E-state index contributed by atoms with van der Waals surface area (Å²) < 4.78 is 17.0.